The molecule has 0 aromatic heterocycles. The van der Waals surface area contributed by atoms with Crippen LogP contribution >= 0.6 is 0 Å². The van der Waals surface area contributed by atoms with Crippen molar-refractivity contribution < 1.29 is 5.03 Å². The zero-order valence-electron chi connectivity index (χ0n) is 15.7. The molecule has 4 rings (SSSR count). The second-order valence-electron chi connectivity index (χ2n) is 7.03. The summed E-state index contributed by atoms with van der Waals surface area (Å²) in [5, 5.41) is 20.2. The molecule has 1 aliphatic rings. The number of nitro groups is 1. The van der Waals surface area contributed by atoms with Crippen LogP contribution in [0, 0.1) is 10.1 Å². The molecular formula is C22H22N4O2. The van der Waals surface area contributed by atoms with Gasteiger partial charge in [0.05, 0.1) is 5.10 Å². The molecule has 28 heavy (non-hydrogen) atoms. The van der Waals surface area contributed by atoms with Crippen molar-refractivity contribution in [1.29, 1.82) is 0 Å². The van der Waals surface area contributed by atoms with E-state index in [-0.39, 0.29) is 6.04 Å². The summed E-state index contributed by atoms with van der Waals surface area (Å²) in [6.45, 7) is 4.21. The van der Waals surface area contributed by atoms with Gasteiger partial charge < -0.3 is 10.2 Å². The van der Waals surface area contributed by atoms with Crippen molar-refractivity contribution >= 4 is 16.6 Å². The van der Waals surface area contributed by atoms with Gasteiger partial charge in [0.25, 0.3) is 0 Å². The van der Waals surface area contributed by atoms with Gasteiger partial charge in [0.1, 0.15) is 0 Å². The number of nitrogens with one attached hydrogen (secondary N) is 1. The van der Waals surface area contributed by atoms with Gasteiger partial charge >= 0.3 is 0 Å². The van der Waals surface area contributed by atoms with Gasteiger partial charge in [-0.3, -0.25) is 0 Å². The molecule has 1 aliphatic heterocycles. The van der Waals surface area contributed by atoms with Crippen LogP contribution in [0.15, 0.2) is 71.8 Å². The van der Waals surface area contributed by atoms with Gasteiger partial charge in [0.15, 0.2) is 5.03 Å². The zero-order chi connectivity index (χ0) is 19.5. The first-order valence-electron chi connectivity index (χ1n) is 9.42. The van der Waals surface area contributed by atoms with Crippen molar-refractivity contribution in [1.82, 2.24) is 10.2 Å². The Morgan fingerprint density at radius 1 is 1.07 bits per heavy atom. The molecule has 1 fully saturated rings. The first kappa shape index (κ1) is 18.1. The summed E-state index contributed by atoms with van der Waals surface area (Å²) < 4.78 is 0. The third-order valence-corrected chi connectivity index (χ3v) is 5.09. The molecule has 0 amide bonds. The van der Waals surface area contributed by atoms with Gasteiger partial charge in [-0.1, -0.05) is 66.7 Å². The van der Waals surface area contributed by atoms with Gasteiger partial charge in [0, 0.05) is 31.2 Å². The van der Waals surface area contributed by atoms with Crippen LogP contribution in [0.1, 0.15) is 12.5 Å². The molecule has 0 saturated carbocycles. The van der Waals surface area contributed by atoms with E-state index < -0.39 is 5.03 Å². The van der Waals surface area contributed by atoms with Crippen molar-refractivity contribution in [3.63, 3.8) is 0 Å². The molecule has 0 spiro atoms. The summed E-state index contributed by atoms with van der Waals surface area (Å²) in [5.74, 6) is 0.418. The summed E-state index contributed by atoms with van der Waals surface area (Å²) in [7, 11) is 0. The standard InChI is InChI=1S/C22H22N4O2/c1-16-15-25(14-13-23-16)22(24-26(27)28)21-11-5-4-10-20(21)19-12-6-8-17-7-2-3-9-18(17)19/h2-12,16,23H,13-15H2,1H3/b24-22-. The largest absolute Gasteiger partial charge is 0.348 e. The summed E-state index contributed by atoms with van der Waals surface area (Å²) in [6.07, 6.45) is 0. The van der Waals surface area contributed by atoms with Crippen LogP contribution < -0.4 is 5.32 Å². The normalized spacial score (nSPS) is 17.7. The Kier molecular flexibility index (Phi) is 5.04. The number of nitrogens with zero attached hydrogens (tertiary/aromatic N) is 3. The average Bonchev–Trinajstić information content (AvgIpc) is 2.71. The Bertz CT molecular complexity index is 1040. The van der Waals surface area contributed by atoms with Gasteiger partial charge in [-0.15, -0.1) is 0 Å². The topological polar surface area (TPSA) is 70.8 Å². The van der Waals surface area contributed by atoms with Gasteiger partial charge in [-0.25, -0.2) is 10.1 Å². The minimum Gasteiger partial charge on any atom is -0.348 e. The molecule has 1 unspecified atom stereocenters. The highest BCUT2D eigenvalue weighted by Crippen LogP contribution is 2.32. The number of amidine groups is 1. The Balaban J connectivity index is 1.89. The number of benzene rings is 3. The number of hydrogen-bond acceptors (Lipinski definition) is 3. The molecule has 1 atom stereocenters. The predicted molar refractivity (Wildman–Crippen MR) is 112 cm³/mol. The summed E-state index contributed by atoms with van der Waals surface area (Å²) in [6, 6.07) is 22.4. The highest BCUT2D eigenvalue weighted by atomic mass is 16.7. The predicted octanol–water partition coefficient (Wildman–Crippen LogP) is 3.74. The first-order chi connectivity index (χ1) is 13.6. The second kappa shape index (κ2) is 7.78. The lowest BCUT2D eigenvalue weighted by Crippen LogP contribution is -2.51. The van der Waals surface area contributed by atoms with E-state index >= 15 is 0 Å². The summed E-state index contributed by atoms with van der Waals surface area (Å²) in [5.41, 5.74) is 2.78. The third-order valence-electron chi connectivity index (χ3n) is 5.09. The van der Waals surface area contributed by atoms with E-state index in [0.29, 0.717) is 18.9 Å². The Morgan fingerprint density at radius 2 is 1.79 bits per heavy atom. The highest BCUT2D eigenvalue weighted by Gasteiger charge is 2.25. The maximum absolute atomic E-state index is 11.3. The van der Waals surface area contributed by atoms with Crippen molar-refractivity contribution in [2.75, 3.05) is 19.6 Å². The maximum Gasteiger partial charge on any atom is 0.210 e. The van der Waals surface area contributed by atoms with E-state index in [4.69, 9.17) is 0 Å². The number of piperazine rings is 1. The number of hydrazone groups is 1. The zero-order valence-corrected chi connectivity index (χ0v) is 15.7. The third kappa shape index (κ3) is 3.59. The number of fused-ring (bicyclic) bond motifs is 1. The van der Waals surface area contributed by atoms with Crippen LogP contribution in [0.5, 0.6) is 0 Å². The monoisotopic (exact) mass is 374 g/mol. The molecule has 142 valence electrons. The van der Waals surface area contributed by atoms with Crippen molar-refractivity contribution in [3.05, 3.63) is 82.4 Å². The van der Waals surface area contributed by atoms with Crippen molar-refractivity contribution in [3.8, 4) is 11.1 Å². The Morgan fingerprint density at radius 3 is 2.61 bits per heavy atom. The molecule has 0 radical (unpaired) electrons. The van der Waals surface area contributed by atoms with Crippen LogP contribution in [0.3, 0.4) is 0 Å². The van der Waals surface area contributed by atoms with Crippen LogP contribution in [0.2, 0.25) is 0 Å². The minimum absolute atomic E-state index is 0.246. The van der Waals surface area contributed by atoms with E-state index in [1.807, 2.05) is 47.4 Å². The fourth-order valence-corrected chi connectivity index (χ4v) is 3.86. The number of rotatable bonds is 3. The van der Waals surface area contributed by atoms with Crippen LogP contribution in [0.4, 0.5) is 0 Å². The molecule has 6 heteroatoms. The summed E-state index contributed by atoms with van der Waals surface area (Å²) in [4.78, 5) is 13.4. The lowest BCUT2D eigenvalue weighted by Gasteiger charge is -2.33. The lowest BCUT2D eigenvalue weighted by atomic mass is 9.93. The molecule has 0 bridgehead atoms. The van der Waals surface area contributed by atoms with Gasteiger partial charge in [-0.05, 0) is 28.8 Å². The Hall–Kier alpha value is -3.25. The molecule has 0 aliphatic carbocycles. The first-order valence-corrected chi connectivity index (χ1v) is 9.42. The molecule has 1 N–H and O–H groups in total. The second-order valence-corrected chi connectivity index (χ2v) is 7.03. The maximum atomic E-state index is 11.3. The van der Waals surface area contributed by atoms with E-state index in [9.17, 15) is 10.1 Å². The number of hydrogen-bond donors (Lipinski definition) is 1. The molecule has 6 nitrogen and oxygen atoms in total. The van der Waals surface area contributed by atoms with Crippen LogP contribution in [-0.4, -0.2) is 41.4 Å². The molecule has 3 aromatic rings. The van der Waals surface area contributed by atoms with Crippen molar-refractivity contribution in [2.24, 2.45) is 5.10 Å². The quantitative estimate of drug-likeness (QED) is 0.328. The molecule has 1 saturated heterocycles. The lowest BCUT2D eigenvalue weighted by molar-refractivity contribution is -0.485. The Labute approximate surface area is 163 Å². The van der Waals surface area contributed by atoms with Crippen molar-refractivity contribution in [2.45, 2.75) is 13.0 Å². The smallest absolute Gasteiger partial charge is 0.210 e. The summed E-state index contributed by atoms with van der Waals surface area (Å²) >= 11 is 0. The minimum atomic E-state index is -0.595. The van der Waals surface area contributed by atoms with Gasteiger partial charge in [-0.2, -0.15) is 0 Å². The SMILES string of the molecule is CC1CN(/C(=N\[N+](=O)[O-])c2ccccc2-c2cccc3ccccc23)CCN1. The molecule has 1 heterocycles. The van der Waals surface area contributed by atoms with E-state index in [2.05, 4.69) is 41.6 Å². The van der Waals surface area contributed by atoms with Crippen LogP contribution in [0.25, 0.3) is 21.9 Å². The molecular weight excluding hydrogens is 352 g/mol. The van der Waals surface area contributed by atoms with E-state index in [1.165, 1.54) is 0 Å². The van der Waals surface area contributed by atoms with E-state index in [0.717, 1.165) is 34.0 Å². The average molecular weight is 374 g/mol. The fraction of sp³-hybridized carbons (Fsp3) is 0.227. The highest BCUT2D eigenvalue weighted by molar-refractivity contribution is 6.08. The van der Waals surface area contributed by atoms with Crippen LogP contribution in [-0.2, 0) is 0 Å². The fourth-order valence-electron chi connectivity index (χ4n) is 3.86. The van der Waals surface area contributed by atoms with Gasteiger partial charge in [0.2, 0.25) is 5.84 Å². The molecule has 3 aromatic carbocycles. The van der Waals surface area contributed by atoms with E-state index in [1.54, 1.807) is 0 Å².